The van der Waals surface area contributed by atoms with Crippen molar-refractivity contribution < 1.29 is 36.2 Å². The van der Waals surface area contributed by atoms with Gasteiger partial charge in [-0.2, -0.15) is 13.2 Å². The van der Waals surface area contributed by atoms with Crippen LogP contribution in [-0.2, 0) is 15.7 Å². The van der Waals surface area contributed by atoms with E-state index in [0.717, 1.165) is 30.0 Å². The van der Waals surface area contributed by atoms with Crippen LogP contribution < -0.4 is 10.1 Å². The van der Waals surface area contributed by atoms with E-state index in [0.29, 0.717) is 5.56 Å². The molecule has 1 aromatic heterocycles. The summed E-state index contributed by atoms with van der Waals surface area (Å²) in [6.07, 6.45) is -4.58. The molecule has 0 unspecified atom stereocenters. The number of anilines is 1. The summed E-state index contributed by atoms with van der Waals surface area (Å²) in [7, 11) is 1.45. The number of aromatic nitrogens is 2. The Morgan fingerprint density at radius 3 is 2.56 bits per heavy atom. The van der Waals surface area contributed by atoms with Crippen molar-refractivity contribution in [2.75, 3.05) is 31.4 Å². The van der Waals surface area contributed by atoms with Crippen LogP contribution in [0.4, 0.5) is 23.2 Å². The number of methoxy groups -OCH3 is 1. The molecular formula is C20H17F4N3O4S. The average molecular weight is 471 g/mol. The standard InChI is InChI=1S/C20H17F4N3O4S/c1-29-8-9-30-16-7-4-13(20(22,23)24)10-15(16)25-17(28)11-32-19-27-26-18(31-19)12-2-5-14(21)6-3-12/h2-7,10H,8-9,11H2,1H3,(H,25,28). The molecule has 0 aliphatic heterocycles. The first-order chi connectivity index (χ1) is 15.3. The maximum Gasteiger partial charge on any atom is 0.416 e. The normalized spacial score (nSPS) is 11.4. The number of nitrogens with zero attached hydrogens (tertiary/aromatic N) is 2. The third kappa shape index (κ3) is 6.44. The van der Waals surface area contributed by atoms with E-state index >= 15 is 0 Å². The second-order valence-electron chi connectivity index (χ2n) is 6.27. The minimum absolute atomic E-state index is 0.0695. The summed E-state index contributed by atoms with van der Waals surface area (Å²) in [6, 6.07) is 8.19. The van der Waals surface area contributed by atoms with Crippen LogP contribution in [0.3, 0.4) is 0 Å². The van der Waals surface area contributed by atoms with Crippen molar-refractivity contribution in [1.82, 2.24) is 10.2 Å². The second kappa shape index (κ2) is 10.5. The van der Waals surface area contributed by atoms with Crippen LogP contribution in [0.15, 0.2) is 52.1 Å². The van der Waals surface area contributed by atoms with Gasteiger partial charge in [0.1, 0.15) is 18.2 Å². The molecule has 1 heterocycles. The lowest BCUT2D eigenvalue weighted by molar-refractivity contribution is -0.137. The number of ether oxygens (including phenoxy) is 2. The predicted molar refractivity (Wildman–Crippen MR) is 108 cm³/mol. The van der Waals surface area contributed by atoms with E-state index < -0.39 is 23.5 Å². The quantitative estimate of drug-likeness (QED) is 0.276. The number of carbonyl (C=O) groups excluding carboxylic acids is 1. The van der Waals surface area contributed by atoms with E-state index in [4.69, 9.17) is 13.9 Å². The largest absolute Gasteiger partial charge is 0.489 e. The SMILES string of the molecule is COCCOc1ccc(C(F)(F)F)cc1NC(=O)CSc1nnc(-c2ccc(F)cc2)o1. The van der Waals surface area contributed by atoms with Crippen LogP contribution >= 0.6 is 11.8 Å². The molecule has 0 aliphatic carbocycles. The molecule has 0 spiro atoms. The van der Waals surface area contributed by atoms with Crippen LogP contribution in [0, 0.1) is 5.82 Å². The molecule has 32 heavy (non-hydrogen) atoms. The van der Waals surface area contributed by atoms with Gasteiger partial charge in [-0.3, -0.25) is 4.79 Å². The molecule has 7 nitrogen and oxygen atoms in total. The summed E-state index contributed by atoms with van der Waals surface area (Å²) in [5.74, 6) is -1.02. The van der Waals surface area contributed by atoms with Crippen molar-refractivity contribution in [2.45, 2.75) is 11.4 Å². The predicted octanol–water partition coefficient (Wildman–Crippen LogP) is 4.65. The molecule has 3 rings (SSSR count). The van der Waals surface area contributed by atoms with E-state index in [1.54, 1.807) is 0 Å². The second-order valence-corrected chi connectivity index (χ2v) is 7.19. The van der Waals surface area contributed by atoms with Gasteiger partial charge in [-0.1, -0.05) is 11.8 Å². The summed E-state index contributed by atoms with van der Waals surface area (Å²) in [5.41, 5.74) is -0.559. The molecule has 1 amide bonds. The monoisotopic (exact) mass is 471 g/mol. The summed E-state index contributed by atoms with van der Waals surface area (Å²) in [6.45, 7) is 0.311. The van der Waals surface area contributed by atoms with Crippen molar-refractivity contribution in [3.05, 3.63) is 53.8 Å². The van der Waals surface area contributed by atoms with E-state index in [-0.39, 0.29) is 41.5 Å². The van der Waals surface area contributed by atoms with Gasteiger partial charge < -0.3 is 19.2 Å². The molecule has 170 valence electrons. The molecule has 3 aromatic rings. The molecule has 0 fully saturated rings. The van der Waals surface area contributed by atoms with Crippen molar-refractivity contribution in [3.63, 3.8) is 0 Å². The third-order valence-electron chi connectivity index (χ3n) is 3.95. The number of thioether (sulfide) groups is 1. The van der Waals surface area contributed by atoms with Gasteiger partial charge in [0.15, 0.2) is 0 Å². The van der Waals surface area contributed by atoms with Crippen molar-refractivity contribution >= 4 is 23.4 Å². The Hall–Kier alpha value is -3.12. The number of halogens is 4. The Labute approximate surface area is 184 Å². The minimum Gasteiger partial charge on any atom is -0.489 e. The number of hydrogen-bond acceptors (Lipinski definition) is 7. The maximum atomic E-state index is 13.1. The third-order valence-corrected chi connectivity index (χ3v) is 4.77. The molecule has 0 radical (unpaired) electrons. The molecule has 0 saturated carbocycles. The Balaban J connectivity index is 1.65. The fourth-order valence-corrected chi connectivity index (χ4v) is 3.02. The van der Waals surface area contributed by atoms with Crippen molar-refractivity contribution in [1.29, 1.82) is 0 Å². The number of nitrogens with one attached hydrogen (secondary N) is 1. The molecule has 1 N–H and O–H groups in total. The fourth-order valence-electron chi connectivity index (χ4n) is 2.46. The van der Waals surface area contributed by atoms with Crippen molar-refractivity contribution in [3.8, 4) is 17.2 Å². The number of alkyl halides is 3. The molecule has 12 heteroatoms. The summed E-state index contributed by atoms with van der Waals surface area (Å²) < 4.78 is 67.8. The lowest BCUT2D eigenvalue weighted by Gasteiger charge is -2.15. The van der Waals surface area contributed by atoms with Gasteiger partial charge >= 0.3 is 6.18 Å². The van der Waals surface area contributed by atoms with Gasteiger partial charge in [0, 0.05) is 12.7 Å². The Morgan fingerprint density at radius 2 is 1.88 bits per heavy atom. The fraction of sp³-hybridized carbons (Fsp3) is 0.250. The summed E-state index contributed by atoms with van der Waals surface area (Å²) in [5, 5.41) is 10.1. The highest BCUT2D eigenvalue weighted by atomic mass is 32.2. The average Bonchev–Trinajstić information content (AvgIpc) is 3.22. The van der Waals surface area contributed by atoms with E-state index in [1.165, 1.54) is 31.4 Å². The number of amides is 1. The zero-order valence-corrected chi connectivity index (χ0v) is 17.4. The van der Waals surface area contributed by atoms with Crippen LogP contribution in [0.2, 0.25) is 0 Å². The van der Waals surface area contributed by atoms with Gasteiger partial charge in [0.05, 0.1) is 23.6 Å². The summed E-state index contributed by atoms with van der Waals surface area (Å²) >= 11 is 0.894. The minimum atomic E-state index is -4.58. The number of carbonyl (C=O) groups is 1. The van der Waals surface area contributed by atoms with Crippen LogP contribution in [0.1, 0.15) is 5.56 Å². The van der Waals surface area contributed by atoms with Crippen LogP contribution in [0.5, 0.6) is 5.75 Å². The first-order valence-electron chi connectivity index (χ1n) is 9.11. The molecular weight excluding hydrogens is 454 g/mol. The smallest absolute Gasteiger partial charge is 0.416 e. The number of hydrogen-bond donors (Lipinski definition) is 1. The Bertz CT molecular complexity index is 1060. The topological polar surface area (TPSA) is 86.5 Å². The van der Waals surface area contributed by atoms with Gasteiger partial charge in [0.2, 0.25) is 11.8 Å². The zero-order chi connectivity index (χ0) is 23.1. The molecule has 0 aliphatic rings. The molecule has 2 aromatic carbocycles. The van der Waals surface area contributed by atoms with Crippen molar-refractivity contribution in [2.24, 2.45) is 0 Å². The Kier molecular flexibility index (Phi) is 7.70. The number of benzene rings is 2. The first-order valence-corrected chi connectivity index (χ1v) is 10.1. The van der Waals surface area contributed by atoms with Crippen LogP contribution in [-0.4, -0.2) is 42.2 Å². The number of rotatable bonds is 9. The van der Waals surface area contributed by atoms with E-state index in [2.05, 4.69) is 15.5 Å². The summed E-state index contributed by atoms with van der Waals surface area (Å²) in [4.78, 5) is 12.3. The van der Waals surface area contributed by atoms with Gasteiger partial charge in [-0.25, -0.2) is 4.39 Å². The molecule has 0 atom stereocenters. The lowest BCUT2D eigenvalue weighted by Crippen LogP contribution is -2.17. The van der Waals surface area contributed by atoms with Crippen LogP contribution in [0.25, 0.3) is 11.5 Å². The van der Waals surface area contributed by atoms with E-state index in [1.807, 2.05) is 0 Å². The van der Waals surface area contributed by atoms with E-state index in [9.17, 15) is 22.4 Å². The first kappa shape index (κ1) is 23.5. The van der Waals surface area contributed by atoms with Gasteiger partial charge in [-0.05, 0) is 42.5 Å². The van der Waals surface area contributed by atoms with Gasteiger partial charge in [-0.15, -0.1) is 10.2 Å². The highest BCUT2D eigenvalue weighted by molar-refractivity contribution is 7.99. The Morgan fingerprint density at radius 1 is 1.12 bits per heavy atom. The van der Waals surface area contributed by atoms with Gasteiger partial charge in [0.25, 0.3) is 5.22 Å². The lowest BCUT2D eigenvalue weighted by atomic mass is 10.1. The molecule has 0 bridgehead atoms. The molecule has 0 saturated heterocycles. The highest BCUT2D eigenvalue weighted by Crippen LogP contribution is 2.35. The maximum absolute atomic E-state index is 13.1. The highest BCUT2D eigenvalue weighted by Gasteiger charge is 2.31. The zero-order valence-electron chi connectivity index (χ0n) is 16.6.